The van der Waals surface area contributed by atoms with Gasteiger partial charge in [0, 0.05) is 12.1 Å². The summed E-state index contributed by atoms with van der Waals surface area (Å²) in [6.45, 7) is 0. The third kappa shape index (κ3) is 1.49. The Morgan fingerprint density at radius 1 is 1.33 bits per heavy atom. The SMILES string of the molecule is Sc1ccc(-[n+]2ccccn2)s1. The lowest BCUT2D eigenvalue weighted by molar-refractivity contribution is -0.656. The fourth-order valence-electron chi connectivity index (χ4n) is 0.901. The molecule has 0 bridgehead atoms. The number of rotatable bonds is 1. The van der Waals surface area contributed by atoms with Crippen molar-refractivity contribution in [3.05, 3.63) is 36.7 Å². The van der Waals surface area contributed by atoms with Crippen LogP contribution in [0.2, 0.25) is 0 Å². The van der Waals surface area contributed by atoms with E-state index in [4.69, 9.17) is 0 Å². The summed E-state index contributed by atoms with van der Waals surface area (Å²) in [5.41, 5.74) is 0. The lowest BCUT2D eigenvalue weighted by Crippen LogP contribution is -2.32. The van der Waals surface area contributed by atoms with E-state index in [0.29, 0.717) is 0 Å². The van der Waals surface area contributed by atoms with Crippen LogP contribution >= 0.6 is 24.0 Å². The van der Waals surface area contributed by atoms with Gasteiger partial charge < -0.3 is 0 Å². The fourth-order valence-corrected chi connectivity index (χ4v) is 1.94. The molecule has 0 N–H and O–H groups in total. The normalized spacial score (nSPS) is 10.1. The molecule has 0 fully saturated rings. The zero-order valence-electron chi connectivity index (χ0n) is 6.21. The van der Waals surface area contributed by atoms with Gasteiger partial charge in [0.25, 0.3) is 5.00 Å². The molecule has 0 aliphatic heterocycles. The Kier molecular flexibility index (Phi) is 2.10. The molecule has 0 amide bonds. The second-order valence-electron chi connectivity index (χ2n) is 2.25. The highest BCUT2D eigenvalue weighted by Crippen LogP contribution is 2.18. The molecule has 12 heavy (non-hydrogen) atoms. The van der Waals surface area contributed by atoms with Crippen LogP contribution in [0.4, 0.5) is 0 Å². The van der Waals surface area contributed by atoms with Crippen LogP contribution in [0.1, 0.15) is 0 Å². The summed E-state index contributed by atoms with van der Waals surface area (Å²) in [5.74, 6) is 0. The minimum atomic E-state index is 1.00. The molecule has 0 aliphatic carbocycles. The zero-order valence-corrected chi connectivity index (χ0v) is 7.92. The molecular formula is C8H7N2S2+. The number of nitrogens with zero attached hydrogens (tertiary/aromatic N) is 2. The first kappa shape index (κ1) is 7.76. The van der Waals surface area contributed by atoms with E-state index in [1.807, 2.05) is 35.1 Å². The van der Waals surface area contributed by atoms with Crippen molar-refractivity contribution in [1.82, 2.24) is 5.10 Å². The van der Waals surface area contributed by atoms with Crippen LogP contribution in [0.3, 0.4) is 0 Å². The molecule has 2 aromatic heterocycles. The summed E-state index contributed by atoms with van der Waals surface area (Å²) in [6, 6.07) is 7.81. The first-order valence-corrected chi connectivity index (χ1v) is 4.75. The number of thiol groups is 1. The molecule has 0 aliphatic rings. The fraction of sp³-hybridized carbons (Fsp3) is 0. The third-order valence-electron chi connectivity index (χ3n) is 1.42. The number of aromatic nitrogens is 2. The summed E-state index contributed by atoms with van der Waals surface area (Å²) in [7, 11) is 0. The van der Waals surface area contributed by atoms with Gasteiger partial charge in [-0.1, -0.05) is 11.3 Å². The van der Waals surface area contributed by atoms with Crippen LogP contribution in [0.15, 0.2) is 40.9 Å². The summed E-state index contributed by atoms with van der Waals surface area (Å²) in [6.07, 6.45) is 3.68. The van der Waals surface area contributed by atoms with Gasteiger partial charge in [-0.2, -0.15) is 0 Å². The van der Waals surface area contributed by atoms with Gasteiger partial charge in [0.05, 0.1) is 10.4 Å². The third-order valence-corrected chi connectivity index (χ3v) is 2.72. The van der Waals surface area contributed by atoms with Gasteiger partial charge in [0.2, 0.25) is 6.20 Å². The average Bonchev–Trinajstić information content (AvgIpc) is 2.54. The first-order valence-electron chi connectivity index (χ1n) is 3.48. The molecule has 4 heteroatoms. The highest BCUT2D eigenvalue weighted by atomic mass is 32.2. The van der Waals surface area contributed by atoms with Crippen molar-refractivity contribution < 1.29 is 4.68 Å². The minimum absolute atomic E-state index is 1.00. The smallest absolute Gasteiger partial charge is 0.133 e. The van der Waals surface area contributed by atoms with Gasteiger partial charge in [0.1, 0.15) is 0 Å². The molecule has 2 heterocycles. The van der Waals surface area contributed by atoms with Crippen molar-refractivity contribution in [3.63, 3.8) is 0 Å². The molecule has 0 atom stereocenters. The predicted molar refractivity (Wildman–Crippen MR) is 50.9 cm³/mol. The number of hydrogen-bond donors (Lipinski definition) is 1. The number of hydrogen-bond acceptors (Lipinski definition) is 3. The Hall–Kier alpha value is -0.870. The molecule has 60 valence electrons. The molecule has 0 saturated heterocycles. The second kappa shape index (κ2) is 3.25. The van der Waals surface area contributed by atoms with Crippen molar-refractivity contribution in [3.8, 4) is 5.00 Å². The standard InChI is InChI=1S/C8H6N2S2/c11-8-4-3-7(12-8)10-6-2-1-5-9-10/h1-6H/p+1. The highest BCUT2D eigenvalue weighted by molar-refractivity contribution is 7.83. The maximum Gasteiger partial charge on any atom is 0.294 e. The average molecular weight is 195 g/mol. The monoisotopic (exact) mass is 195 g/mol. The van der Waals surface area contributed by atoms with E-state index < -0.39 is 0 Å². The Morgan fingerprint density at radius 3 is 2.83 bits per heavy atom. The van der Waals surface area contributed by atoms with Gasteiger partial charge in [-0.15, -0.1) is 12.6 Å². The van der Waals surface area contributed by atoms with E-state index in [2.05, 4.69) is 17.7 Å². The topological polar surface area (TPSA) is 16.8 Å². The van der Waals surface area contributed by atoms with Crippen LogP contribution in [0.25, 0.3) is 5.00 Å². The van der Waals surface area contributed by atoms with Crippen LogP contribution in [0, 0.1) is 0 Å². The largest absolute Gasteiger partial charge is 0.294 e. The van der Waals surface area contributed by atoms with E-state index in [1.54, 1.807) is 17.5 Å². The molecular weight excluding hydrogens is 188 g/mol. The van der Waals surface area contributed by atoms with Crippen molar-refractivity contribution >= 4 is 24.0 Å². The van der Waals surface area contributed by atoms with Gasteiger partial charge in [-0.3, -0.25) is 0 Å². The lowest BCUT2D eigenvalue weighted by Gasteiger charge is -1.83. The lowest BCUT2D eigenvalue weighted by atomic mass is 10.6. The van der Waals surface area contributed by atoms with E-state index in [0.717, 1.165) is 9.21 Å². The van der Waals surface area contributed by atoms with Crippen LogP contribution in [-0.2, 0) is 0 Å². The first-order chi connectivity index (χ1) is 5.86. The van der Waals surface area contributed by atoms with Crippen LogP contribution in [0.5, 0.6) is 0 Å². The van der Waals surface area contributed by atoms with Crippen LogP contribution in [-0.4, -0.2) is 5.10 Å². The van der Waals surface area contributed by atoms with Crippen molar-refractivity contribution in [2.24, 2.45) is 0 Å². The summed E-state index contributed by atoms with van der Waals surface area (Å²) in [5, 5.41) is 5.24. The van der Waals surface area contributed by atoms with Crippen LogP contribution < -0.4 is 4.68 Å². The Morgan fingerprint density at radius 2 is 2.25 bits per heavy atom. The maximum absolute atomic E-state index is 4.23. The quantitative estimate of drug-likeness (QED) is 0.541. The van der Waals surface area contributed by atoms with E-state index in [-0.39, 0.29) is 0 Å². The maximum atomic E-state index is 4.23. The van der Waals surface area contributed by atoms with Gasteiger partial charge in [-0.05, 0) is 21.9 Å². The minimum Gasteiger partial charge on any atom is -0.133 e. The predicted octanol–water partition coefficient (Wildman–Crippen LogP) is 1.71. The molecule has 2 aromatic rings. The molecule has 2 rings (SSSR count). The van der Waals surface area contributed by atoms with Crippen molar-refractivity contribution in [2.75, 3.05) is 0 Å². The van der Waals surface area contributed by atoms with Crippen molar-refractivity contribution in [1.29, 1.82) is 0 Å². The zero-order chi connectivity index (χ0) is 8.39. The van der Waals surface area contributed by atoms with Crippen molar-refractivity contribution in [2.45, 2.75) is 4.21 Å². The molecule has 0 unspecified atom stereocenters. The molecule has 0 saturated carbocycles. The van der Waals surface area contributed by atoms with Gasteiger partial charge in [0.15, 0.2) is 0 Å². The Balaban J connectivity index is 2.45. The van der Waals surface area contributed by atoms with Gasteiger partial charge in [-0.25, -0.2) is 0 Å². The molecule has 0 aromatic carbocycles. The Bertz CT molecular complexity index is 370. The van der Waals surface area contributed by atoms with E-state index in [1.165, 1.54) is 0 Å². The number of thiophene rings is 1. The summed E-state index contributed by atoms with van der Waals surface area (Å²) < 4.78 is 2.83. The van der Waals surface area contributed by atoms with Gasteiger partial charge >= 0.3 is 0 Å². The molecule has 2 nitrogen and oxygen atoms in total. The highest BCUT2D eigenvalue weighted by Gasteiger charge is 2.08. The molecule has 0 spiro atoms. The molecule has 0 radical (unpaired) electrons. The second-order valence-corrected chi connectivity index (χ2v) is 4.10. The summed E-state index contributed by atoms with van der Waals surface area (Å²) >= 11 is 5.84. The van der Waals surface area contributed by atoms with E-state index in [9.17, 15) is 0 Å². The Labute approximate surface area is 79.9 Å². The summed E-state index contributed by atoms with van der Waals surface area (Å²) in [4.78, 5) is 0. The van der Waals surface area contributed by atoms with E-state index >= 15 is 0 Å².